The summed E-state index contributed by atoms with van der Waals surface area (Å²) in [6.07, 6.45) is 0. The molecule has 0 aliphatic heterocycles. The van der Waals surface area contributed by atoms with Crippen LogP contribution in [0.25, 0.3) is 0 Å². The van der Waals surface area contributed by atoms with Gasteiger partial charge in [-0.05, 0) is 0 Å². The first kappa shape index (κ1) is 19.9. The average molecular weight is 371 g/mol. The van der Waals surface area contributed by atoms with E-state index in [1.807, 2.05) is 18.2 Å². The van der Waals surface area contributed by atoms with Crippen molar-refractivity contribution >= 4 is 0 Å². The molecule has 0 atom stereocenters. The van der Waals surface area contributed by atoms with Crippen molar-refractivity contribution < 1.29 is 41.5 Å². The Balaban J connectivity index is 0.000000294. The topological polar surface area (TPSA) is 69.2 Å². The predicted molar refractivity (Wildman–Crippen MR) is 77.7 cm³/mol. The standard InChI is InChI=1S/3C6H6O.Zr/c3*7-6-4-2-1-3-5-6;/h3*1-5,7H;/q;;;+3/p-3. The van der Waals surface area contributed by atoms with Crippen molar-refractivity contribution in [3.05, 3.63) is 91.0 Å². The van der Waals surface area contributed by atoms with E-state index in [4.69, 9.17) is 0 Å². The second-order valence-corrected chi connectivity index (χ2v) is 3.94. The second-order valence-electron chi connectivity index (χ2n) is 3.94. The molecule has 0 bridgehead atoms. The fourth-order valence-corrected chi connectivity index (χ4v) is 1.26. The molecule has 0 spiro atoms. The monoisotopic (exact) mass is 369 g/mol. The SMILES string of the molecule is [O-]c1ccccc1.[O-]c1ccccc1.[O-]c1ccccc1.[Zr+3]. The molecule has 4 heteroatoms. The molecule has 1 radical (unpaired) electrons. The maximum atomic E-state index is 10.3. The van der Waals surface area contributed by atoms with Crippen LogP contribution in [0.1, 0.15) is 0 Å². The molecule has 0 aromatic heterocycles. The van der Waals surface area contributed by atoms with Crippen molar-refractivity contribution in [2.75, 3.05) is 0 Å². The summed E-state index contributed by atoms with van der Waals surface area (Å²) in [5.41, 5.74) is 0. The summed E-state index contributed by atoms with van der Waals surface area (Å²) in [4.78, 5) is 0. The van der Waals surface area contributed by atoms with Crippen molar-refractivity contribution in [2.45, 2.75) is 0 Å². The Bertz CT molecular complexity index is 497. The van der Waals surface area contributed by atoms with Gasteiger partial charge < -0.3 is 15.3 Å². The summed E-state index contributed by atoms with van der Waals surface area (Å²) in [6.45, 7) is 0. The van der Waals surface area contributed by atoms with E-state index >= 15 is 0 Å². The molecule has 0 aliphatic carbocycles. The van der Waals surface area contributed by atoms with E-state index in [-0.39, 0.29) is 43.5 Å². The molecule has 3 nitrogen and oxygen atoms in total. The normalized spacial score (nSPS) is 8.18. The van der Waals surface area contributed by atoms with Gasteiger partial charge in [-0.1, -0.05) is 91.0 Å². The first-order chi connectivity index (χ1) is 10.2. The summed E-state index contributed by atoms with van der Waals surface area (Å²) in [5.74, 6) is 0.215. The quantitative estimate of drug-likeness (QED) is 0.610. The minimum atomic E-state index is 0. The molecule has 0 heterocycles. The van der Waals surface area contributed by atoms with Crippen molar-refractivity contribution in [2.24, 2.45) is 0 Å². The Labute approximate surface area is 149 Å². The van der Waals surface area contributed by atoms with Crippen molar-refractivity contribution in [3.63, 3.8) is 0 Å². The molecule has 0 N–H and O–H groups in total. The van der Waals surface area contributed by atoms with Crippen LogP contribution in [0.15, 0.2) is 91.0 Å². The molecule has 3 rings (SSSR count). The van der Waals surface area contributed by atoms with Gasteiger partial charge in [0.05, 0.1) is 0 Å². The molecule has 0 aliphatic rings. The third-order valence-electron chi connectivity index (χ3n) is 2.23. The summed E-state index contributed by atoms with van der Waals surface area (Å²) < 4.78 is 0. The van der Waals surface area contributed by atoms with Gasteiger partial charge in [-0.25, -0.2) is 0 Å². The second kappa shape index (κ2) is 12.7. The van der Waals surface area contributed by atoms with Crippen LogP contribution in [0.2, 0.25) is 0 Å². The molecular weight excluding hydrogens is 355 g/mol. The van der Waals surface area contributed by atoms with E-state index in [0.29, 0.717) is 0 Å². The fourth-order valence-electron chi connectivity index (χ4n) is 1.26. The first-order valence-electron chi connectivity index (χ1n) is 6.34. The molecule has 0 fully saturated rings. The smallest absolute Gasteiger partial charge is 0.872 e. The average Bonchev–Trinajstić information content (AvgIpc) is 2.51. The van der Waals surface area contributed by atoms with Crippen LogP contribution >= 0.6 is 0 Å². The number of para-hydroxylation sites is 3. The van der Waals surface area contributed by atoms with Crippen molar-refractivity contribution in [3.8, 4) is 17.2 Å². The van der Waals surface area contributed by atoms with E-state index < -0.39 is 0 Å². The number of benzene rings is 3. The van der Waals surface area contributed by atoms with Crippen LogP contribution in [0, 0.1) is 0 Å². The fraction of sp³-hybridized carbons (Fsp3) is 0. The third-order valence-corrected chi connectivity index (χ3v) is 2.23. The maximum Gasteiger partial charge on any atom is 3.00 e. The summed E-state index contributed by atoms with van der Waals surface area (Å²) in [7, 11) is 0. The predicted octanol–water partition coefficient (Wildman–Crippen LogP) is 2.28. The molecule has 0 unspecified atom stereocenters. The zero-order valence-corrected chi connectivity index (χ0v) is 14.3. The van der Waals surface area contributed by atoms with Gasteiger partial charge in [0.15, 0.2) is 0 Å². The third kappa shape index (κ3) is 10.7. The number of rotatable bonds is 0. The van der Waals surface area contributed by atoms with E-state index in [2.05, 4.69) is 0 Å². The molecule has 109 valence electrons. The van der Waals surface area contributed by atoms with Crippen LogP contribution in [0.4, 0.5) is 0 Å². The Hall–Kier alpha value is -2.06. The number of hydrogen-bond donors (Lipinski definition) is 0. The Kier molecular flexibility index (Phi) is 11.5. The van der Waals surface area contributed by atoms with Gasteiger partial charge in [0.25, 0.3) is 0 Å². The minimum Gasteiger partial charge on any atom is -0.872 e. The van der Waals surface area contributed by atoms with Crippen LogP contribution in [0.3, 0.4) is 0 Å². The van der Waals surface area contributed by atoms with Gasteiger partial charge >= 0.3 is 26.2 Å². The van der Waals surface area contributed by atoms with E-state index in [1.54, 1.807) is 36.4 Å². The van der Waals surface area contributed by atoms with Gasteiger partial charge in [-0.3, -0.25) is 0 Å². The van der Waals surface area contributed by atoms with Gasteiger partial charge in [0, 0.05) is 0 Å². The zero-order chi connectivity index (χ0) is 15.3. The van der Waals surface area contributed by atoms with Gasteiger partial charge in [0.2, 0.25) is 0 Å². The van der Waals surface area contributed by atoms with E-state index in [1.165, 1.54) is 36.4 Å². The largest absolute Gasteiger partial charge is 3.00 e. The van der Waals surface area contributed by atoms with E-state index in [9.17, 15) is 15.3 Å². The number of hydrogen-bond acceptors (Lipinski definition) is 3. The van der Waals surface area contributed by atoms with Crippen LogP contribution in [-0.2, 0) is 26.2 Å². The Morgan fingerprint density at radius 1 is 0.364 bits per heavy atom. The Morgan fingerprint density at radius 3 is 0.636 bits per heavy atom. The zero-order valence-electron chi connectivity index (χ0n) is 11.9. The molecule has 0 saturated carbocycles. The van der Waals surface area contributed by atoms with Gasteiger partial charge in [-0.2, -0.15) is 0 Å². The van der Waals surface area contributed by atoms with Gasteiger partial charge in [-0.15, -0.1) is 17.2 Å². The molecule has 0 saturated heterocycles. The summed E-state index contributed by atoms with van der Waals surface area (Å²) in [6, 6.07) is 25.0. The van der Waals surface area contributed by atoms with Crippen LogP contribution in [-0.4, -0.2) is 0 Å². The molecule has 3 aromatic carbocycles. The first-order valence-corrected chi connectivity index (χ1v) is 6.34. The molecule has 0 amide bonds. The van der Waals surface area contributed by atoms with Gasteiger partial charge in [0.1, 0.15) is 0 Å². The molecule has 22 heavy (non-hydrogen) atoms. The van der Waals surface area contributed by atoms with Crippen molar-refractivity contribution in [1.29, 1.82) is 0 Å². The summed E-state index contributed by atoms with van der Waals surface area (Å²) >= 11 is 0. The van der Waals surface area contributed by atoms with E-state index in [0.717, 1.165) is 0 Å². The maximum absolute atomic E-state index is 10.3. The van der Waals surface area contributed by atoms with Crippen molar-refractivity contribution in [1.82, 2.24) is 0 Å². The van der Waals surface area contributed by atoms with Crippen LogP contribution < -0.4 is 15.3 Å². The molecular formula is C18H15O3Zr. The minimum absolute atomic E-state index is 0. The van der Waals surface area contributed by atoms with Crippen LogP contribution in [0.5, 0.6) is 17.2 Å². The Morgan fingerprint density at radius 2 is 0.545 bits per heavy atom. The summed E-state index contributed by atoms with van der Waals surface area (Å²) in [5, 5.41) is 30.8. The molecule has 3 aromatic rings.